The van der Waals surface area contributed by atoms with Crippen molar-refractivity contribution in [2.75, 3.05) is 6.61 Å². The Morgan fingerprint density at radius 1 is 1.21 bits per heavy atom. The van der Waals surface area contributed by atoms with Crippen LogP contribution in [0.25, 0.3) is 0 Å². The summed E-state index contributed by atoms with van der Waals surface area (Å²) in [4.78, 5) is 22.3. The van der Waals surface area contributed by atoms with Gasteiger partial charge in [0.2, 0.25) is 0 Å². The van der Waals surface area contributed by atoms with Crippen LogP contribution in [0, 0.1) is 13.8 Å². The number of carbonyl (C=O) groups excluding carboxylic acids is 1. The third kappa shape index (κ3) is 4.25. The molecule has 0 radical (unpaired) electrons. The van der Waals surface area contributed by atoms with E-state index in [-0.39, 0.29) is 5.78 Å². The Morgan fingerprint density at radius 3 is 2.47 bits per heavy atom. The predicted molar refractivity (Wildman–Crippen MR) is 72.8 cm³/mol. The van der Waals surface area contributed by atoms with E-state index in [0.29, 0.717) is 12.2 Å². The van der Waals surface area contributed by atoms with Gasteiger partial charge in [0.1, 0.15) is 5.75 Å². The molecule has 0 fully saturated rings. The second-order valence-electron chi connectivity index (χ2n) is 4.32. The summed E-state index contributed by atoms with van der Waals surface area (Å²) in [6.45, 7) is 6.32. The van der Waals surface area contributed by atoms with Crippen LogP contribution in [-0.2, 0) is 4.79 Å². The highest BCUT2D eigenvalue weighted by atomic mass is 16.5. The van der Waals surface area contributed by atoms with Crippen LogP contribution < -0.4 is 4.74 Å². The maximum Gasteiger partial charge on any atom is 0.328 e. The topological polar surface area (TPSA) is 63.6 Å². The average Bonchev–Trinajstić information content (AvgIpc) is 2.36. The smallest absolute Gasteiger partial charge is 0.328 e. The standard InChI is InChI=1S/C15H18O4/c1-4-7-19-14-9-10(2)12(8-11(14)3)13(16)5-6-15(17)18/h5-6,8-9H,4,7H2,1-3H3,(H,17,18)/b6-5+. The maximum atomic E-state index is 11.9. The molecule has 0 aromatic heterocycles. The third-order valence-corrected chi connectivity index (χ3v) is 2.63. The number of allylic oxidation sites excluding steroid dienone is 1. The van der Waals surface area contributed by atoms with Gasteiger partial charge < -0.3 is 9.84 Å². The minimum atomic E-state index is -1.13. The van der Waals surface area contributed by atoms with Crippen LogP contribution in [0.4, 0.5) is 0 Å². The summed E-state index contributed by atoms with van der Waals surface area (Å²) in [5.74, 6) is -0.686. The van der Waals surface area contributed by atoms with Gasteiger partial charge in [0.05, 0.1) is 6.61 Å². The summed E-state index contributed by atoms with van der Waals surface area (Å²) in [5, 5.41) is 8.52. The molecule has 19 heavy (non-hydrogen) atoms. The van der Waals surface area contributed by atoms with Crippen molar-refractivity contribution < 1.29 is 19.4 Å². The van der Waals surface area contributed by atoms with Gasteiger partial charge in [-0.25, -0.2) is 4.79 Å². The van der Waals surface area contributed by atoms with Crippen LogP contribution >= 0.6 is 0 Å². The maximum absolute atomic E-state index is 11.9. The molecule has 1 N–H and O–H groups in total. The van der Waals surface area contributed by atoms with Gasteiger partial charge in [-0.1, -0.05) is 6.92 Å². The van der Waals surface area contributed by atoms with Crippen molar-refractivity contribution in [1.82, 2.24) is 0 Å². The van der Waals surface area contributed by atoms with Gasteiger partial charge in [-0.05, 0) is 49.6 Å². The largest absolute Gasteiger partial charge is 0.493 e. The predicted octanol–water partition coefficient (Wildman–Crippen LogP) is 2.92. The first kappa shape index (κ1) is 15.0. The van der Waals surface area contributed by atoms with Crippen LogP contribution in [0.1, 0.15) is 34.8 Å². The van der Waals surface area contributed by atoms with E-state index in [4.69, 9.17) is 9.84 Å². The summed E-state index contributed by atoms with van der Waals surface area (Å²) in [6.07, 6.45) is 2.83. The lowest BCUT2D eigenvalue weighted by Gasteiger charge is -2.11. The first-order chi connectivity index (χ1) is 8.95. The second kappa shape index (κ2) is 6.73. The van der Waals surface area contributed by atoms with Crippen molar-refractivity contribution in [1.29, 1.82) is 0 Å². The van der Waals surface area contributed by atoms with E-state index in [2.05, 4.69) is 0 Å². The quantitative estimate of drug-likeness (QED) is 0.632. The molecule has 0 aliphatic carbocycles. The highest BCUT2D eigenvalue weighted by Crippen LogP contribution is 2.23. The Balaban J connectivity index is 3.01. The number of ketones is 1. The average molecular weight is 262 g/mol. The Labute approximate surface area is 112 Å². The zero-order valence-electron chi connectivity index (χ0n) is 11.4. The lowest BCUT2D eigenvalue weighted by atomic mass is 10.0. The zero-order valence-corrected chi connectivity index (χ0v) is 11.4. The number of hydrogen-bond donors (Lipinski definition) is 1. The molecule has 0 aliphatic rings. The molecule has 0 atom stereocenters. The number of carboxylic acid groups (broad SMARTS) is 1. The van der Waals surface area contributed by atoms with Gasteiger partial charge in [-0.3, -0.25) is 4.79 Å². The van der Waals surface area contributed by atoms with Crippen molar-refractivity contribution in [2.24, 2.45) is 0 Å². The SMILES string of the molecule is CCCOc1cc(C)c(C(=O)/C=C/C(=O)O)cc1C. The highest BCUT2D eigenvalue weighted by Gasteiger charge is 2.10. The lowest BCUT2D eigenvalue weighted by molar-refractivity contribution is -0.131. The summed E-state index contributed by atoms with van der Waals surface area (Å²) >= 11 is 0. The molecule has 0 bridgehead atoms. The number of ether oxygens (including phenoxy) is 1. The van der Waals surface area contributed by atoms with Crippen molar-refractivity contribution >= 4 is 11.8 Å². The van der Waals surface area contributed by atoms with Crippen LogP contribution in [0.15, 0.2) is 24.3 Å². The molecule has 102 valence electrons. The van der Waals surface area contributed by atoms with E-state index >= 15 is 0 Å². The summed E-state index contributed by atoms with van der Waals surface area (Å²) in [6, 6.07) is 3.54. The minimum Gasteiger partial charge on any atom is -0.493 e. The first-order valence-electron chi connectivity index (χ1n) is 6.15. The van der Waals surface area contributed by atoms with E-state index in [9.17, 15) is 9.59 Å². The second-order valence-corrected chi connectivity index (χ2v) is 4.32. The molecule has 0 unspecified atom stereocenters. The van der Waals surface area contributed by atoms with E-state index in [1.807, 2.05) is 19.9 Å². The molecule has 4 heteroatoms. The van der Waals surface area contributed by atoms with Gasteiger partial charge in [0.25, 0.3) is 0 Å². The number of aryl methyl sites for hydroxylation is 2. The molecule has 0 aliphatic heterocycles. The molecule has 0 saturated heterocycles. The highest BCUT2D eigenvalue weighted by molar-refractivity contribution is 6.07. The molecular weight excluding hydrogens is 244 g/mol. The monoisotopic (exact) mass is 262 g/mol. The summed E-state index contributed by atoms with van der Waals surface area (Å²) in [7, 11) is 0. The van der Waals surface area contributed by atoms with Crippen molar-refractivity contribution in [3.05, 3.63) is 41.0 Å². The number of carboxylic acids is 1. The lowest BCUT2D eigenvalue weighted by Crippen LogP contribution is -2.03. The van der Waals surface area contributed by atoms with Crippen molar-refractivity contribution in [3.8, 4) is 5.75 Å². The van der Waals surface area contributed by atoms with E-state index in [1.54, 1.807) is 13.0 Å². The zero-order chi connectivity index (χ0) is 14.4. The molecule has 4 nitrogen and oxygen atoms in total. The fourth-order valence-corrected chi connectivity index (χ4v) is 1.66. The Kier molecular flexibility index (Phi) is 5.30. The molecule has 1 aromatic carbocycles. The number of aliphatic carboxylic acids is 1. The Bertz CT molecular complexity index is 515. The van der Waals surface area contributed by atoms with Crippen LogP contribution in [0.3, 0.4) is 0 Å². The molecule has 1 aromatic rings. The number of carbonyl (C=O) groups is 2. The normalized spacial score (nSPS) is 10.7. The summed E-state index contributed by atoms with van der Waals surface area (Å²) in [5.41, 5.74) is 2.14. The fourth-order valence-electron chi connectivity index (χ4n) is 1.66. The third-order valence-electron chi connectivity index (χ3n) is 2.63. The molecule has 1 rings (SSSR count). The fraction of sp³-hybridized carbons (Fsp3) is 0.333. The van der Waals surface area contributed by atoms with Crippen molar-refractivity contribution in [3.63, 3.8) is 0 Å². The van der Waals surface area contributed by atoms with Gasteiger partial charge in [-0.2, -0.15) is 0 Å². The molecule has 0 saturated carbocycles. The van der Waals surface area contributed by atoms with E-state index in [1.165, 1.54) is 0 Å². The minimum absolute atomic E-state index is 0.315. The molecular formula is C15H18O4. The van der Waals surface area contributed by atoms with Gasteiger partial charge in [0, 0.05) is 11.6 Å². The number of rotatable bonds is 6. The van der Waals surface area contributed by atoms with E-state index in [0.717, 1.165) is 35.4 Å². The molecule has 0 spiro atoms. The first-order valence-corrected chi connectivity index (χ1v) is 6.15. The summed E-state index contributed by atoms with van der Waals surface area (Å²) < 4.78 is 5.58. The van der Waals surface area contributed by atoms with Crippen LogP contribution in [-0.4, -0.2) is 23.5 Å². The van der Waals surface area contributed by atoms with Crippen LogP contribution in [0.2, 0.25) is 0 Å². The van der Waals surface area contributed by atoms with Gasteiger partial charge in [-0.15, -0.1) is 0 Å². The van der Waals surface area contributed by atoms with E-state index < -0.39 is 5.97 Å². The molecule has 0 amide bonds. The van der Waals surface area contributed by atoms with Crippen molar-refractivity contribution in [2.45, 2.75) is 27.2 Å². The molecule has 0 heterocycles. The number of benzene rings is 1. The van der Waals surface area contributed by atoms with Gasteiger partial charge in [0.15, 0.2) is 5.78 Å². The number of hydrogen-bond acceptors (Lipinski definition) is 3. The van der Waals surface area contributed by atoms with Gasteiger partial charge >= 0.3 is 5.97 Å². The van der Waals surface area contributed by atoms with Crippen LogP contribution in [0.5, 0.6) is 5.75 Å². The Morgan fingerprint density at radius 2 is 1.89 bits per heavy atom. The Hall–Kier alpha value is -2.10.